The van der Waals surface area contributed by atoms with Gasteiger partial charge in [-0.1, -0.05) is 25.1 Å². The first kappa shape index (κ1) is 17.8. The summed E-state index contributed by atoms with van der Waals surface area (Å²) in [5.41, 5.74) is 2.14. The highest BCUT2D eigenvalue weighted by Crippen LogP contribution is 2.24. The van der Waals surface area contributed by atoms with E-state index in [0.717, 1.165) is 30.4 Å². The van der Waals surface area contributed by atoms with Crippen molar-refractivity contribution >= 4 is 16.9 Å². The number of nitrogens with zero attached hydrogens (tertiary/aromatic N) is 2. The maximum absolute atomic E-state index is 5.96. The molecule has 5 nitrogen and oxygen atoms in total. The largest absolute Gasteiger partial charge is 0.459 e. The highest BCUT2D eigenvalue weighted by atomic mass is 16.3. The number of fused-ring (bicyclic) bond motifs is 1. The Morgan fingerprint density at radius 3 is 2.92 bits per heavy atom. The Bertz CT molecular complexity index is 722. The molecule has 1 aliphatic heterocycles. The second-order valence-corrected chi connectivity index (χ2v) is 6.85. The van der Waals surface area contributed by atoms with Crippen LogP contribution in [0.5, 0.6) is 0 Å². The molecule has 1 aliphatic rings. The molecule has 1 aromatic heterocycles. The molecule has 2 heterocycles. The third-order valence-electron chi connectivity index (χ3n) is 5.19. The molecule has 1 unspecified atom stereocenters. The molecule has 1 aromatic carbocycles. The van der Waals surface area contributed by atoms with Gasteiger partial charge in [0.1, 0.15) is 11.3 Å². The molecule has 2 aromatic rings. The van der Waals surface area contributed by atoms with Gasteiger partial charge in [-0.05, 0) is 44.8 Å². The maximum Gasteiger partial charge on any atom is 0.191 e. The molecule has 0 bridgehead atoms. The number of piperidine rings is 1. The number of para-hydroxylation sites is 1. The summed E-state index contributed by atoms with van der Waals surface area (Å²) in [4.78, 5) is 6.88. The van der Waals surface area contributed by atoms with Crippen LogP contribution in [-0.2, 0) is 6.54 Å². The molecule has 136 valence electrons. The van der Waals surface area contributed by atoms with Crippen LogP contribution >= 0.6 is 0 Å². The number of nitrogens with one attached hydrogen (secondary N) is 2. The van der Waals surface area contributed by atoms with E-state index in [2.05, 4.69) is 40.4 Å². The smallest absolute Gasteiger partial charge is 0.191 e. The van der Waals surface area contributed by atoms with Crippen LogP contribution in [-0.4, -0.2) is 44.1 Å². The van der Waals surface area contributed by atoms with Crippen LogP contribution in [0.15, 0.2) is 33.7 Å². The van der Waals surface area contributed by atoms with Crippen molar-refractivity contribution in [2.75, 3.05) is 33.2 Å². The van der Waals surface area contributed by atoms with E-state index in [0.29, 0.717) is 12.5 Å². The van der Waals surface area contributed by atoms with Crippen LogP contribution in [0.25, 0.3) is 11.0 Å². The van der Waals surface area contributed by atoms with Crippen molar-refractivity contribution in [1.29, 1.82) is 0 Å². The van der Waals surface area contributed by atoms with E-state index in [4.69, 9.17) is 4.42 Å². The fourth-order valence-corrected chi connectivity index (χ4v) is 3.62. The predicted octanol–water partition coefficient (Wildman–Crippen LogP) is 3.14. The molecular formula is C20H30N4O. The van der Waals surface area contributed by atoms with Gasteiger partial charge < -0.3 is 20.0 Å². The molecule has 0 aliphatic carbocycles. The van der Waals surface area contributed by atoms with Gasteiger partial charge in [0.15, 0.2) is 5.96 Å². The Labute approximate surface area is 150 Å². The topological polar surface area (TPSA) is 52.8 Å². The van der Waals surface area contributed by atoms with Gasteiger partial charge in [-0.3, -0.25) is 4.99 Å². The van der Waals surface area contributed by atoms with Gasteiger partial charge >= 0.3 is 0 Å². The first-order valence-corrected chi connectivity index (χ1v) is 9.35. The molecule has 5 heteroatoms. The number of aryl methyl sites for hydroxylation is 1. The van der Waals surface area contributed by atoms with E-state index in [-0.39, 0.29) is 0 Å². The van der Waals surface area contributed by atoms with Crippen molar-refractivity contribution in [2.24, 2.45) is 10.9 Å². The van der Waals surface area contributed by atoms with Crippen LogP contribution in [0.3, 0.4) is 0 Å². The zero-order chi connectivity index (χ0) is 17.6. The second kappa shape index (κ2) is 8.39. The van der Waals surface area contributed by atoms with Gasteiger partial charge in [0.2, 0.25) is 0 Å². The first-order chi connectivity index (χ1) is 12.2. The molecular weight excluding hydrogens is 312 g/mol. The minimum Gasteiger partial charge on any atom is -0.459 e. The van der Waals surface area contributed by atoms with E-state index in [1.54, 1.807) is 0 Å². The highest BCUT2D eigenvalue weighted by Gasteiger charge is 2.19. The summed E-state index contributed by atoms with van der Waals surface area (Å²) in [5.74, 6) is 2.51. The third-order valence-corrected chi connectivity index (χ3v) is 5.19. The van der Waals surface area contributed by atoms with E-state index < -0.39 is 0 Å². The van der Waals surface area contributed by atoms with Crippen LogP contribution in [0.2, 0.25) is 0 Å². The van der Waals surface area contributed by atoms with Gasteiger partial charge in [0, 0.05) is 31.1 Å². The van der Waals surface area contributed by atoms with Crippen LogP contribution in [0.4, 0.5) is 0 Å². The van der Waals surface area contributed by atoms with Crippen molar-refractivity contribution in [2.45, 2.75) is 33.2 Å². The molecule has 25 heavy (non-hydrogen) atoms. The van der Waals surface area contributed by atoms with Gasteiger partial charge in [-0.2, -0.15) is 0 Å². The van der Waals surface area contributed by atoms with E-state index in [9.17, 15) is 0 Å². The third kappa shape index (κ3) is 4.34. The molecule has 0 saturated carbocycles. The lowest BCUT2D eigenvalue weighted by molar-refractivity contribution is 0.183. The van der Waals surface area contributed by atoms with E-state index in [1.165, 1.54) is 36.9 Å². The number of likely N-dealkylation sites (tertiary alicyclic amines) is 1. The average Bonchev–Trinajstić information content (AvgIpc) is 2.98. The molecule has 0 spiro atoms. The Morgan fingerprint density at radius 1 is 1.32 bits per heavy atom. The Balaban J connectivity index is 1.53. The molecule has 1 atom stereocenters. The van der Waals surface area contributed by atoms with Crippen molar-refractivity contribution in [3.05, 3.63) is 35.6 Å². The van der Waals surface area contributed by atoms with E-state index in [1.807, 2.05) is 25.2 Å². The lowest BCUT2D eigenvalue weighted by atomic mass is 9.98. The van der Waals surface area contributed by atoms with Crippen LogP contribution in [0, 0.1) is 12.8 Å². The summed E-state index contributed by atoms with van der Waals surface area (Å²) in [7, 11) is 1.82. The van der Waals surface area contributed by atoms with Gasteiger partial charge in [0.25, 0.3) is 0 Å². The quantitative estimate of drug-likeness (QED) is 0.647. The summed E-state index contributed by atoms with van der Waals surface area (Å²) in [6, 6.07) is 8.17. The lowest BCUT2D eigenvalue weighted by Gasteiger charge is -2.32. The van der Waals surface area contributed by atoms with Gasteiger partial charge in [-0.25, -0.2) is 0 Å². The number of hydrogen-bond donors (Lipinski definition) is 2. The lowest BCUT2D eigenvalue weighted by Crippen LogP contribution is -2.44. The van der Waals surface area contributed by atoms with Gasteiger partial charge in [-0.15, -0.1) is 0 Å². The molecule has 0 amide bonds. The standard InChI is InChI=1S/C20H30N4O/c1-4-24-11-7-8-16(14-24)12-22-20(21-3)23-13-19-15(2)17-9-5-6-10-18(17)25-19/h5-6,9-10,16H,4,7-8,11-14H2,1-3H3,(H2,21,22,23). The Hall–Kier alpha value is -2.01. The summed E-state index contributed by atoms with van der Waals surface area (Å²) in [6.45, 7) is 9.54. The zero-order valence-electron chi connectivity index (χ0n) is 15.6. The Morgan fingerprint density at radius 2 is 2.16 bits per heavy atom. The van der Waals surface area contributed by atoms with Crippen LogP contribution < -0.4 is 10.6 Å². The van der Waals surface area contributed by atoms with Crippen molar-refractivity contribution < 1.29 is 4.42 Å². The maximum atomic E-state index is 5.96. The minimum absolute atomic E-state index is 0.645. The Kier molecular flexibility index (Phi) is 5.97. The van der Waals surface area contributed by atoms with Gasteiger partial charge in [0.05, 0.1) is 6.54 Å². The number of furan rings is 1. The van der Waals surface area contributed by atoms with Crippen LogP contribution in [0.1, 0.15) is 31.1 Å². The normalized spacial score (nSPS) is 19.3. The molecule has 1 saturated heterocycles. The fourth-order valence-electron chi connectivity index (χ4n) is 3.62. The van der Waals surface area contributed by atoms with E-state index >= 15 is 0 Å². The minimum atomic E-state index is 0.645. The number of rotatable bonds is 5. The summed E-state index contributed by atoms with van der Waals surface area (Å²) >= 11 is 0. The number of guanidine groups is 1. The fraction of sp³-hybridized carbons (Fsp3) is 0.550. The monoisotopic (exact) mass is 342 g/mol. The van der Waals surface area contributed by atoms with Crippen molar-refractivity contribution in [3.8, 4) is 0 Å². The number of benzene rings is 1. The second-order valence-electron chi connectivity index (χ2n) is 6.85. The summed E-state index contributed by atoms with van der Waals surface area (Å²) < 4.78 is 5.96. The first-order valence-electron chi connectivity index (χ1n) is 9.35. The zero-order valence-corrected chi connectivity index (χ0v) is 15.6. The SMILES string of the molecule is CCN1CCCC(CNC(=NC)NCc2oc3ccccc3c2C)C1. The van der Waals surface area contributed by atoms with Crippen molar-refractivity contribution in [1.82, 2.24) is 15.5 Å². The average molecular weight is 342 g/mol. The number of hydrogen-bond acceptors (Lipinski definition) is 3. The predicted molar refractivity (Wildman–Crippen MR) is 104 cm³/mol. The molecule has 1 fully saturated rings. The number of aliphatic imine (C=N–C) groups is 1. The molecule has 0 radical (unpaired) electrons. The summed E-state index contributed by atoms with van der Waals surface area (Å²) in [6.07, 6.45) is 2.59. The highest BCUT2D eigenvalue weighted by molar-refractivity contribution is 5.82. The molecule has 3 rings (SSSR count). The van der Waals surface area contributed by atoms with Crippen molar-refractivity contribution in [3.63, 3.8) is 0 Å². The molecule has 2 N–H and O–H groups in total. The summed E-state index contributed by atoms with van der Waals surface area (Å²) in [5, 5.41) is 8.05.